The van der Waals surface area contributed by atoms with E-state index >= 15 is 0 Å². The standard InChI is InChI=1S/C68H92N12O22S2.Na/c1-34-32-80-56(57(34)88)61(92)69-31-43(82)26-41(14-10-36-8-12-39(13-9-36)63-76-77-64(103-63)40-17-15-38(16-18-40)42-29-70-68(71-30-42)78-22-20-46(21-23-78)101-45-6-4-3-5-7-45)58(89)73-53(35(2)81)65(94)79-33-44(83)27-47(79)59(90)74-54(49(85)24-37-11-19-48(84)51(25-37)102-104(98,99)100)60(91)75-55(66(80)95)50(86)28-52(87)72-62(93)67(96)97;/h11,15-19,25,29-30,34-36,39,41,43-47,49-50,53-57,62,81-86,88,93H,3-10,12-14,20-24,26-28,31-33H2,1-2H3,(H,69,92)(H,72,87)(H,73,89)(H,74,90)(H,75,91)(H,96,97)(H,98,99,100);/q;+1/p-1/t34-,35+,36?,39?,41-,43+,44+,47-,49+,50+,53?,54-,55-,56-,57-,62?;/m0./s1. The number of amides is 7. The number of carbonyl (C=O) groups excluding carboxylic acids is 7. The summed E-state index contributed by atoms with van der Waals surface area (Å²) >= 11 is 1.51. The molecule has 2 aliphatic carbocycles. The van der Waals surface area contributed by atoms with E-state index in [2.05, 4.69) is 40.5 Å². The van der Waals surface area contributed by atoms with Crippen LogP contribution in [0.15, 0.2) is 54.9 Å². The molecule has 105 heavy (non-hydrogen) atoms. The van der Waals surface area contributed by atoms with Crippen molar-refractivity contribution in [2.45, 2.75) is 214 Å². The Bertz CT molecular complexity index is 3810. The summed E-state index contributed by atoms with van der Waals surface area (Å²) in [6, 6.07) is 0.380. The van der Waals surface area contributed by atoms with E-state index in [9.17, 15) is 97.3 Å². The summed E-state index contributed by atoms with van der Waals surface area (Å²) in [6.07, 6.45) is -0.941. The predicted molar refractivity (Wildman–Crippen MR) is 365 cm³/mol. The van der Waals surface area contributed by atoms with Crippen molar-refractivity contribution < 1.29 is 136 Å². The number of carboxylic acid groups (broad SMARTS) is 1. The Kier molecular flexibility index (Phi) is 28.6. The molecule has 2 unspecified atom stereocenters. The molecule has 0 spiro atoms. The number of hydrogen-bond acceptors (Lipinski definition) is 27. The van der Waals surface area contributed by atoms with Gasteiger partial charge in [-0.15, -0.1) is 10.2 Å². The maximum Gasteiger partial charge on any atom is 1.00 e. The van der Waals surface area contributed by atoms with Crippen molar-refractivity contribution >= 4 is 75.0 Å². The first-order chi connectivity index (χ1) is 49.5. The molecular weight excluding hydrogens is 1420 g/mol. The fourth-order valence-corrected chi connectivity index (χ4v) is 16.0. The quantitative estimate of drug-likeness (QED) is 0.0173. The molecule has 10 rings (SSSR count). The molecular formula is C68H91N12NaO22S2. The van der Waals surface area contributed by atoms with E-state index in [1.54, 1.807) is 5.32 Å². The zero-order chi connectivity index (χ0) is 74.8. The van der Waals surface area contributed by atoms with Gasteiger partial charge in [0.1, 0.15) is 40.2 Å². The molecule has 34 nitrogen and oxygen atoms in total. The number of β-amino-alcohol motifs (C(OH)–C–C–N with tert-alkyl or cyclic N) is 1. The van der Waals surface area contributed by atoms with E-state index in [4.69, 9.17) is 14.7 Å². The molecule has 7 amide bonds. The predicted octanol–water partition coefficient (Wildman–Crippen LogP) is -4.04. The number of carbonyl (C=O) groups is 8. The van der Waals surface area contributed by atoms with Gasteiger partial charge in [-0.1, -0.05) is 67.9 Å². The molecule has 2 aromatic carbocycles. The van der Waals surface area contributed by atoms with Crippen LogP contribution < -0.4 is 65.2 Å². The Balaban J connectivity index is 0.0000128. The second kappa shape index (κ2) is 36.6. The summed E-state index contributed by atoms with van der Waals surface area (Å²) in [6.45, 7) is 2.58. The third kappa shape index (κ3) is 21.4. The van der Waals surface area contributed by atoms with Crippen LogP contribution in [0.5, 0.6) is 11.5 Å². The number of rotatable bonds is 20. The average molecular weight is 1520 g/mol. The molecule has 4 aliphatic heterocycles. The molecule has 6 heterocycles. The van der Waals surface area contributed by atoms with E-state index in [1.807, 2.05) is 36.7 Å². The van der Waals surface area contributed by atoms with Crippen LogP contribution in [0.3, 0.4) is 0 Å². The van der Waals surface area contributed by atoms with Crippen molar-refractivity contribution in [3.8, 4) is 33.2 Å². The van der Waals surface area contributed by atoms with Crippen LogP contribution in [0.4, 0.5) is 5.95 Å². The molecule has 2 saturated carbocycles. The first-order valence-corrected chi connectivity index (χ1v) is 37.3. The second-order valence-corrected chi connectivity index (χ2v) is 30.1. The Morgan fingerprint density at radius 1 is 0.724 bits per heavy atom. The van der Waals surface area contributed by atoms with Crippen LogP contribution in [-0.2, 0) is 59.9 Å². The number of anilines is 1. The molecule has 14 atom stereocenters. The minimum atomic E-state index is -5.52. The third-order valence-corrected chi connectivity index (χ3v) is 22.0. The van der Waals surface area contributed by atoms with Gasteiger partial charge in [-0.25, -0.2) is 23.2 Å². The van der Waals surface area contributed by atoms with Crippen molar-refractivity contribution in [1.29, 1.82) is 0 Å². The maximum absolute atomic E-state index is 14.9. The number of fused-ring (bicyclic) bond motifs is 2. The molecule has 6 fully saturated rings. The summed E-state index contributed by atoms with van der Waals surface area (Å²) < 4.78 is 45.3. The Morgan fingerprint density at radius 2 is 1.36 bits per heavy atom. The first kappa shape index (κ1) is 81.9. The number of nitrogens with one attached hydrogen (secondary N) is 5. The topological polar surface area (TPSA) is 516 Å². The number of benzene rings is 2. The summed E-state index contributed by atoms with van der Waals surface area (Å²) in [5.74, 6) is -13.7. The van der Waals surface area contributed by atoms with Gasteiger partial charge in [-0.3, -0.25) is 33.6 Å². The van der Waals surface area contributed by atoms with E-state index in [1.165, 1.54) is 44.4 Å². The van der Waals surface area contributed by atoms with Crippen LogP contribution in [-0.4, -0.2) is 254 Å². The normalized spacial score (nSPS) is 27.9. The van der Waals surface area contributed by atoms with Gasteiger partial charge in [-0.2, -0.15) is 0 Å². The van der Waals surface area contributed by atoms with Gasteiger partial charge in [0.15, 0.2) is 11.5 Å². The minimum Gasteiger partial charge on any atom is -0.716 e. The van der Waals surface area contributed by atoms with E-state index < -0.39 is 193 Å². The van der Waals surface area contributed by atoms with Crippen LogP contribution in [0, 0.1) is 17.8 Å². The van der Waals surface area contributed by atoms with Gasteiger partial charge < -0.3 is 101 Å². The average Bonchev–Trinajstić information content (AvgIpc) is 1.62. The number of phenols is 1. The molecule has 4 saturated heterocycles. The fraction of sp³-hybridized carbons (Fsp3) is 0.618. The van der Waals surface area contributed by atoms with E-state index in [-0.39, 0.29) is 65.9 Å². The number of phenolic OH excluding ortho intramolecular Hbond substituents is 1. The van der Waals surface area contributed by atoms with Crippen LogP contribution >= 0.6 is 11.3 Å². The molecule has 0 bridgehead atoms. The van der Waals surface area contributed by atoms with Crippen LogP contribution in [0.1, 0.15) is 133 Å². The molecule has 14 N–H and O–H groups in total. The van der Waals surface area contributed by atoms with Gasteiger partial charge in [0.05, 0.1) is 55.3 Å². The molecule has 568 valence electrons. The van der Waals surface area contributed by atoms with Crippen LogP contribution in [0.2, 0.25) is 0 Å². The Labute approximate surface area is 631 Å². The molecule has 4 aromatic rings. The monoisotopic (exact) mass is 1510 g/mol. The molecule has 37 heteroatoms. The van der Waals surface area contributed by atoms with Crippen molar-refractivity contribution in [2.24, 2.45) is 17.8 Å². The molecule has 2 aromatic heterocycles. The second-order valence-electron chi connectivity index (χ2n) is 28.1. The van der Waals surface area contributed by atoms with Gasteiger partial charge in [-0.05, 0) is 107 Å². The summed E-state index contributed by atoms with van der Waals surface area (Å²) in [4.78, 5) is 126. The molecule has 0 radical (unpaired) electrons. The van der Waals surface area contributed by atoms with E-state index in [0.29, 0.717) is 31.3 Å². The number of aromatic nitrogens is 4. The SMILES string of the molecule is C[C@@H](O)C1NC(=O)[C@@H](CCC2CCC(c3nnc(-c4ccc(-c5cnc(N6CCC(OC7CCCCC7)CC6)nc5)cc4)s3)CC2)C[C@@H](O)CNC(=O)[C@@H]2[C@@H](O)[C@@H](C)CN2C(=O)[C@H]([C@H](O)CC(=O)NC(O)C(=O)O)NC(=O)[C@H]([C@H](O)Cc2ccc(O)c(OS(=O)(=O)[O-])c2)NC(=O)[C@@H]2C[C@@H](O)CN2C1=O.[Na+]. The van der Waals surface area contributed by atoms with Crippen molar-refractivity contribution in [1.82, 2.24) is 56.5 Å². The first-order valence-electron chi connectivity index (χ1n) is 35.2. The smallest absolute Gasteiger partial charge is 0.716 e. The number of nitrogens with zero attached hydrogens (tertiary/aromatic N) is 7. The Hall–Kier alpha value is -7.17. The number of ether oxygens (including phenoxy) is 1. The Morgan fingerprint density at radius 3 is 2.02 bits per heavy atom. The van der Waals surface area contributed by atoms with E-state index in [0.717, 1.165) is 106 Å². The van der Waals surface area contributed by atoms with Crippen molar-refractivity contribution in [3.05, 3.63) is 65.4 Å². The number of piperidine rings is 1. The van der Waals surface area contributed by atoms with Crippen LogP contribution in [0.25, 0.3) is 21.7 Å². The summed E-state index contributed by atoms with van der Waals surface area (Å²) in [5, 5.41) is 121. The number of carboxylic acids is 1. The largest absolute Gasteiger partial charge is 1.00 e. The third-order valence-electron chi connectivity index (χ3n) is 20.5. The van der Waals surface area contributed by atoms with Crippen molar-refractivity contribution in [2.75, 3.05) is 37.6 Å². The summed E-state index contributed by atoms with van der Waals surface area (Å²) in [7, 11) is -5.52. The van der Waals surface area contributed by atoms with Gasteiger partial charge in [0.2, 0.25) is 53.5 Å². The number of aliphatic hydroxyl groups is 7. The zero-order valence-corrected chi connectivity index (χ0v) is 62.1. The number of aliphatic hydroxyl groups excluding tert-OH is 7. The number of aromatic hydroxyl groups is 1. The van der Waals surface area contributed by atoms with Crippen molar-refractivity contribution in [3.63, 3.8) is 0 Å². The van der Waals surface area contributed by atoms with Gasteiger partial charge >= 0.3 is 35.5 Å². The number of aliphatic carboxylic acids is 1. The van der Waals surface area contributed by atoms with Gasteiger partial charge in [0, 0.05) is 86.8 Å². The zero-order valence-electron chi connectivity index (χ0n) is 58.4. The van der Waals surface area contributed by atoms with Gasteiger partial charge in [0.25, 0.3) is 10.4 Å². The maximum atomic E-state index is 14.9. The molecule has 6 aliphatic rings. The minimum absolute atomic E-state index is 0. The number of hydrogen-bond donors (Lipinski definition) is 14. The summed E-state index contributed by atoms with van der Waals surface area (Å²) in [5.41, 5.74) is 2.52. The fourth-order valence-electron chi connectivity index (χ4n) is 14.7.